The third kappa shape index (κ3) is 5.38. The maximum absolute atomic E-state index is 14.0. The molecule has 2 atom stereocenters. The summed E-state index contributed by atoms with van der Waals surface area (Å²) < 4.78 is 83.2. The van der Waals surface area contributed by atoms with Crippen LogP contribution >= 0.6 is 0 Å². The highest BCUT2D eigenvalue weighted by molar-refractivity contribution is 7.92. The van der Waals surface area contributed by atoms with Gasteiger partial charge in [0.1, 0.15) is 17.8 Å². The van der Waals surface area contributed by atoms with Gasteiger partial charge in [0.15, 0.2) is 5.03 Å². The number of aromatic nitrogens is 2. The van der Waals surface area contributed by atoms with Gasteiger partial charge in [0.25, 0.3) is 10.0 Å². The Bertz CT molecular complexity index is 1330. The Morgan fingerprint density at radius 2 is 1.80 bits per heavy atom. The van der Waals surface area contributed by atoms with Crippen LogP contribution in [0.5, 0.6) is 0 Å². The summed E-state index contributed by atoms with van der Waals surface area (Å²) >= 11 is 0. The number of nitrogens with two attached hydrogens (primary N) is 1. The van der Waals surface area contributed by atoms with Gasteiger partial charge in [-0.25, -0.2) is 14.4 Å². The van der Waals surface area contributed by atoms with E-state index in [1.165, 1.54) is 18.2 Å². The third-order valence-electron chi connectivity index (χ3n) is 5.74. The predicted octanol–water partition coefficient (Wildman–Crippen LogP) is 4.15. The SMILES string of the molecule is Cc1ccccc1-c1nc(NS(=O)(=O)c2cccc(N3CC[C@@H](N)[C@@H](F)C3)n2)ccc1C(F)(F)F. The molecule has 12 heteroatoms. The largest absolute Gasteiger partial charge is 0.418 e. The fraction of sp³-hybridized carbons (Fsp3) is 0.304. The molecule has 0 spiro atoms. The van der Waals surface area contributed by atoms with Gasteiger partial charge >= 0.3 is 6.18 Å². The summed E-state index contributed by atoms with van der Waals surface area (Å²) in [6.45, 7) is 2.02. The fourth-order valence-electron chi connectivity index (χ4n) is 3.84. The Morgan fingerprint density at radius 3 is 2.49 bits per heavy atom. The van der Waals surface area contributed by atoms with Gasteiger partial charge < -0.3 is 10.6 Å². The lowest BCUT2D eigenvalue weighted by atomic mass is 10.0. The van der Waals surface area contributed by atoms with Crippen molar-refractivity contribution in [1.29, 1.82) is 0 Å². The minimum Gasteiger partial charge on any atom is -0.354 e. The molecule has 4 rings (SSSR count). The van der Waals surface area contributed by atoms with Crippen molar-refractivity contribution in [3.63, 3.8) is 0 Å². The molecule has 7 nitrogen and oxygen atoms in total. The number of benzene rings is 1. The zero-order valence-corrected chi connectivity index (χ0v) is 19.4. The van der Waals surface area contributed by atoms with Crippen molar-refractivity contribution in [2.75, 3.05) is 22.7 Å². The standard InChI is InChI=1S/C23H23F4N5O2S/c1-14-5-2-3-6-15(14)22-16(23(25,26)27)9-10-19(29-22)31-35(33,34)21-8-4-7-20(30-21)32-12-11-18(28)17(24)13-32/h2-10,17-18H,11-13,28H2,1H3,(H,29,31)/t17-,18+/m0/s1. The molecule has 2 aromatic heterocycles. The van der Waals surface area contributed by atoms with Crippen LogP contribution in [0.25, 0.3) is 11.3 Å². The number of piperidine rings is 1. The van der Waals surface area contributed by atoms with Crippen molar-refractivity contribution in [2.24, 2.45) is 5.73 Å². The molecule has 0 aliphatic carbocycles. The topological polar surface area (TPSA) is 101 Å². The van der Waals surface area contributed by atoms with Crippen LogP contribution in [0.2, 0.25) is 0 Å². The highest BCUT2D eigenvalue weighted by atomic mass is 32.2. The number of alkyl halides is 4. The normalized spacial score (nSPS) is 19.0. The molecule has 3 aromatic rings. The second-order valence-corrected chi connectivity index (χ2v) is 9.89. The van der Waals surface area contributed by atoms with Crippen LogP contribution in [0.4, 0.5) is 29.2 Å². The van der Waals surface area contributed by atoms with E-state index in [2.05, 4.69) is 14.7 Å². The molecule has 0 radical (unpaired) electrons. The summed E-state index contributed by atoms with van der Waals surface area (Å²) in [5, 5.41) is -0.376. The quantitative estimate of drug-likeness (QED) is 0.502. The van der Waals surface area contributed by atoms with Crippen LogP contribution in [0.1, 0.15) is 17.5 Å². The Labute approximate surface area is 200 Å². The highest BCUT2D eigenvalue weighted by Gasteiger charge is 2.35. The molecule has 3 N–H and O–H groups in total. The molecular formula is C23H23F4N5O2S. The monoisotopic (exact) mass is 509 g/mol. The number of pyridine rings is 2. The number of anilines is 2. The molecule has 1 aliphatic heterocycles. The van der Waals surface area contributed by atoms with Gasteiger partial charge in [-0.2, -0.15) is 21.6 Å². The summed E-state index contributed by atoms with van der Waals surface area (Å²) in [4.78, 5) is 9.73. The smallest absolute Gasteiger partial charge is 0.354 e. The second kappa shape index (κ2) is 9.42. The number of sulfonamides is 1. The summed E-state index contributed by atoms with van der Waals surface area (Å²) in [5.41, 5.74) is 5.10. The summed E-state index contributed by atoms with van der Waals surface area (Å²) in [6.07, 6.45) is -5.58. The Kier molecular flexibility index (Phi) is 6.69. The van der Waals surface area contributed by atoms with E-state index in [1.54, 1.807) is 36.1 Å². The van der Waals surface area contributed by atoms with E-state index < -0.39 is 39.7 Å². The third-order valence-corrected chi connectivity index (χ3v) is 7.00. The predicted molar refractivity (Wildman–Crippen MR) is 124 cm³/mol. The summed E-state index contributed by atoms with van der Waals surface area (Å²) in [6, 6.07) is 11.8. The first kappa shape index (κ1) is 24.9. The molecule has 1 saturated heterocycles. The Hall–Kier alpha value is -3.25. The maximum atomic E-state index is 14.0. The summed E-state index contributed by atoms with van der Waals surface area (Å²) in [7, 11) is -4.31. The maximum Gasteiger partial charge on any atom is 0.418 e. The van der Waals surface area contributed by atoms with Crippen molar-refractivity contribution < 1.29 is 26.0 Å². The van der Waals surface area contributed by atoms with Crippen LogP contribution in [-0.2, 0) is 16.2 Å². The van der Waals surface area contributed by atoms with Crippen LogP contribution in [0, 0.1) is 6.92 Å². The molecule has 3 heterocycles. The number of aryl methyl sites for hydroxylation is 1. The molecule has 0 saturated carbocycles. The minimum atomic E-state index is -4.69. The van der Waals surface area contributed by atoms with E-state index in [4.69, 9.17) is 5.73 Å². The van der Waals surface area contributed by atoms with Gasteiger partial charge in [-0.15, -0.1) is 0 Å². The number of nitrogens with zero attached hydrogens (tertiary/aromatic N) is 3. The van der Waals surface area contributed by atoms with Crippen LogP contribution in [-0.4, -0.2) is 43.7 Å². The fourth-order valence-corrected chi connectivity index (χ4v) is 4.80. The molecule has 186 valence electrons. The molecule has 0 amide bonds. The van der Waals surface area contributed by atoms with Gasteiger partial charge in [0, 0.05) is 18.2 Å². The molecule has 0 bridgehead atoms. The van der Waals surface area contributed by atoms with Crippen LogP contribution in [0.3, 0.4) is 0 Å². The van der Waals surface area contributed by atoms with E-state index in [0.717, 1.165) is 12.1 Å². The van der Waals surface area contributed by atoms with Crippen LogP contribution < -0.4 is 15.4 Å². The number of nitrogens with one attached hydrogen (secondary N) is 1. The van der Waals surface area contributed by atoms with Crippen molar-refractivity contribution in [3.05, 3.63) is 65.7 Å². The summed E-state index contributed by atoms with van der Waals surface area (Å²) in [5.74, 6) is -0.0420. The molecule has 0 unspecified atom stereocenters. The van der Waals surface area contributed by atoms with Crippen molar-refractivity contribution >= 4 is 21.7 Å². The number of rotatable bonds is 5. The molecule has 1 aliphatic rings. The average molecular weight is 510 g/mol. The van der Waals surface area contributed by atoms with E-state index in [9.17, 15) is 26.0 Å². The lowest BCUT2D eigenvalue weighted by Crippen LogP contribution is -2.48. The average Bonchev–Trinajstić information content (AvgIpc) is 2.80. The molecule has 1 aromatic carbocycles. The van der Waals surface area contributed by atoms with Gasteiger partial charge in [-0.1, -0.05) is 30.3 Å². The number of halogens is 4. The lowest BCUT2D eigenvalue weighted by molar-refractivity contribution is -0.137. The molecule has 35 heavy (non-hydrogen) atoms. The van der Waals surface area contributed by atoms with Crippen LogP contribution in [0.15, 0.2) is 59.6 Å². The molecule has 1 fully saturated rings. The van der Waals surface area contributed by atoms with Crippen molar-refractivity contribution in [1.82, 2.24) is 9.97 Å². The first-order valence-electron chi connectivity index (χ1n) is 10.7. The zero-order valence-electron chi connectivity index (χ0n) is 18.6. The Morgan fingerprint density at radius 1 is 1.06 bits per heavy atom. The number of hydrogen-bond donors (Lipinski definition) is 2. The van der Waals surface area contributed by atoms with E-state index in [-0.39, 0.29) is 28.8 Å². The first-order valence-corrected chi connectivity index (χ1v) is 12.2. The number of hydrogen-bond acceptors (Lipinski definition) is 6. The van der Waals surface area contributed by atoms with Gasteiger partial charge in [0.2, 0.25) is 0 Å². The zero-order chi connectivity index (χ0) is 25.4. The van der Waals surface area contributed by atoms with Gasteiger partial charge in [-0.3, -0.25) is 4.72 Å². The first-order chi connectivity index (χ1) is 16.5. The Balaban J connectivity index is 1.66. The van der Waals surface area contributed by atoms with E-state index in [1.807, 2.05) is 0 Å². The van der Waals surface area contributed by atoms with Gasteiger partial charge in [0.05, 0.1) is 17.8 Å². The van der Waals surface area contributed by atoms with E-state index >= 15 is 0 Å². The van der Waals surface area contributed by atoms with Crippen molar-refractivity contribution in [2.45, 2.75) is 36.8 Å². The highest BCUT2D eigenvalue weighted by Crippen LogP contribution is 2.38. The van der Waals surface area contributed by atoms with Crippen molar-refractivity contribution in [3.8, 4) is 11.3 Å². The molecular weight excluding hydrogens is 486 g/mol. The minimum absolute atomic E-state index is 0.0225. The second-order valence-electron chi connectivity index (χ2n) is 8.26. The van der Waals surface area contributed by atoms with Gasteiger partial charge in [-0.05, 0) is 43.2 Å². The van der Waals surface area contributed by atoms with E-state index in [0.29, 0.717) is 18.5 Å². The lowest BCUT2D eigenvalue weighted by Gasteiger charge is -2.33.